The number of carbonyl (C=O) groups excluding carboxylic acids is 1. The zero-order chi connectivity index (χ0) is 18.5. The van der Waals surface area contributed by atoms with Crippen molar-refractivity contribution in [2.45, 2.75) is 25.0 Å². The molecule has 2 aromatic carbocycles. The lowest BCUT2D eigenvalue weighted by atomic mass is 10.2. The molecule has 0 saturated heterocycles. The summed E-state index contributed by atoms with van der Waals surface area (Å²) in [5.41, 5.74) is 1.58. The van der Waals surface area contributed by atoms with E-state index in [4.69, 9.17) is 0 Å². The Balaban J connectivity index is 1.74. The number of nitrogens with zero attached hydrogens (tertiary/aromatic N) is 5. The average Bonchev–Trinajstić information content (AvgIpc) is 3.10. The number of benzene rings is 2. The first-order valence-corrected chi connectivity index (χ1v) is 9.12. The smallest absolute Gasteiger partial charge is 0.237 e. The van der Waals surface area contributed by atoms with Crippen LogP contribution in [0.5, 0.6) is 5.75 Å². The Labute approximate surface area is 155 Å². The van der Waals surface area contributed by atoms with Gasteiger partial charge >= 0.3 is 0 Å². The molecule has 0 unspecified atom stereocenters. The highest BCUT2D eigenvalue weighted by atomic mass is 32.2. The van der Waals surface area contributed by atoms with Gasteiger partial charge < -0.3 is 10.0 Å². The van der Waals surface area contributed by atoms with Gasteiger partial charge in [-0.1, -0.05) is 30.0 Å². The van der Waals surface area contributed by atoms with Crippen molar-refractivity contribution in [1.29, 1.82) is 0 Å². The molecule has 0 radical (unpaired) electrons. The molecule has 0 fully saturated rings. The Bertz CT molecular complexity index is 865. The molecule has 0 aliphatic carbocycles. The van der Waals surface area contributed by atoms with Crippen LogP contribution in [0.4, 0.5) is 5.69 Å². The van der Waals surface area contributed by atoms with Crippen LogP contribution < -0.4 is 4.90 Å². The van der Waals surface area contributed by atoms with Gasteiger partial charge in [-0.3, -0.25) is 4.79 Å². The van der Waals surface area contributed by atoms with E-state index in [1.165, 1.54) is 11.8 Å². The lowest BCUT2D eigenvalue weighted by Gasteiger charge is -2.26. The molecule has 1 aromatic heterocycles. The minimum atomic E-state index is -0.0172. The van der Waals surface area contributed by atoms with Crippen LogP contribution >= 0.6 is 11.8 Å². The van der Waals surface area contributed by atoms with Crippen LogP contribution in [0.2, 0.25) is 0 Å². The summed E-state index contributed by atoms with van der Waals surface area (Å²) in [7, 11) is 0. The number of tetrazole rings is 1. The van der Waals surface area contributed by atoms with Crippen LogP contribution in [0.1, 0.15) is 13.8 Å². The van der Waals surface area contributed by atoms with Crippen molar-refractivity contribution in [3.05, 3.63) is 54.6 Å². The van der Waals surface area contributed by atoms with Gasteiger partial charge in [0.25, 0.3) is 0 Å². The number of rotatable bonds is 6. The number of hydrogen-bond donors (Lipinski definition) is 1. The van der Waals surface area contributed by atoms with Crippen molar-refractivity contribution in [1.82, 2.24) is 20.2 Å². The van der Waals surface area contributed by atoms with Gasteiger partial charge in [0.15, 0.2) is 0 Å². The quantitative estimate of drug-likeness (QED) is 0.673. The molecule has 0 aliphatic heterocycles. The second kappa shape index (κ2) is 8.01. The van der Waals surface area contributed by atoms with Crippen molar-refractivity contribution < 1.29 is 9.90 Å². The molecule has 0 saturated carbocycles. The maximum absolute atomic E-state index is 12.8. The maximum Gasteiger partial charge on any atom is 0.237 e. The molecule has 7 nitrogen and oxygen atoms in total. The summed E-state index contributed by atoms with van der Waals surface area (Å²) in [5.74, 6) is 0.365. The van der Waals surface area contributed by atoms with E-state index < -0.39 is 0 Å². The van der Waals surface area contributed by atoms with E-state index in [-0.39, 0.29) is 23.5 Å². The largest absolute Gasteiger partial charge is 0.508 e. The lowest BCUT2D eigenvalue weighted by Crippen LogP contribution is -2.38. The summed E-state index contributed by atoms with van der Waals surface area (Å²) in [6, 6.07) is 16.2. The highest BCUT2D eigenvalue weighted by molar-refractivity contribution is 7.99. The zero-order valence-corrected chi connectivity index (χ0v) is 15.3. The first-order chi connectivity index (χ1) is 12.6. The molecule has 8 heteroatoms. The number of amides is 1. The normalized spacial score (nSPS) is 10.9. The Hall–Kier alpha value is -2.87. The molecule has 0 atom stereocenters. The van der Waals surface area contributed by atoms with Crippen LogP contribution in [0.3, 0.4) is 0 Å². The standard InChI is InChI=1S/C18H19N5O2S/c1-13(2)22(14-6-4-3-5-7-14)17(25)12-26-18-19-20-21-23(18)15-8-10-16(24)11-9-15/h3-11,13,24H,12H2,1-2H3. The number of carbonyl (C=O) groups is 1. The average molecular weight is 369 g/mol. The minimum absolute atomic E-state index is 0.0172. The minimum Gasteiger partial charge on any atom is -0.508 e. The van der Waals surface area contributed by atoms with Crippen molar-refractivity contribution in [3.8, 4) is 11.4 Å². The summed E-state index contributed by atoms with van der Waals surface area (Å²) in [5, 5.41) is 21.6. The second-order valence-electron chi connectivity index (χ2n) is 5.87. The predicted molar refractivity (Wildman–Crippen MR) is 101 cm³/mol. The van der Waals surface area contributed by atoms with Gasteiger partial charge in [-0.15, -0.1) is 5.10 Å². The fourth-order valence-corrected chi connectivity index (χ4v) is 3.29. The molecule has 1 heterocycles. The molecular formula is C18H19N5O2S. The number of phenols is 1. The lowest BCUT2D eigenvalue weighted by molar-refractivity contribution is -0.116. The topological polar surface area (TPSA) is 84.1 Å². The number of hydrogen-bond acceptors (Lipinski definition) is 6. The van der Waals surface area contributed by atoms with Crippen LogP contribution in [-0.2, 0) is 4.79 Å². The van der Waals surface area contributed by atoms with E-state index in [9.17, 15) is 9.90 Å². The Morgan fingerprint density at radius 1 is 1.15 bits per heavy atom. The van der Waals surface area contributed by atoms with Gasteiger partial charge in [0.1, 0.15) is 5.75 Å². The van der Waals surface area contributed by atoms with E-state index in [1.807, 2.05) is 44.2 Å². The van der Waals surface area contributed by atoms with Crippen LogP contribution in [0.15, 0.2) is 59.8 Å². The van der Waals surface area contributed by atoms with E-state index in [0.717, 1.165) is 5.69 Å². The Morgan fingerprint density at radius 2 is 1.85 bits per heavy atom. The van der Waals surface area contributed by atoms with Gasteiger partial charge in [0.2, 0.25) is 11.1 Å². The third kappa shape index (κ3) is 4.02. The van der Waals surface area contributed by atoms with Crippen LogP contribution in [0.25, 0.3) is 5.69 Å². The SMILES string of the molecule is CC(C)N(C(=O)CSc1nnnn1-c1ccc(O)cc1)c1ccccc1. The molecule has 0 aliphatic rings. The van der Waals surface area contributed by atoms with E-state index in [1.54, 1.807) is 33.8 Å². The second-order valence-corrected chi connectivity index (χ2v) is 6.81. The van der Waals surface area contributed by atoms with Gasteiger partial charge in [0, 0.05) is 11.7 Å². The van der Waals surface area contributed by atoms with Crippen molar-refractivity contribution in [3.63, 3.8) is 0 Å². The summed E-state index contributed by atoms with van der Waals surface area (Å²) in [6.07, 6.45) is 0. The van der Waals surface area contributed by atoms with Gasteiger partial charge in [0.05, 0.1) is 11.4 Å². The molecule has 3 aromatic rings. The fourth-order valence-electron chi connectivity index (χ4n) is 2.54. The highest BCUT2D eigenvalue weighted by Crippen LogP contribution is 2.23. The maximum atomic E-state index is 12.8. The van der Waals surface area contributed by atoms with Crippen LogP contribution in [-0.4, -0.2) is 43.0 Å². The van der Waals surface area contributed by atoms with Crippen molar-refractivity contribution in [2.75, 3.05) is 10.7 Å². The molecule has 3 rings (SSSR count). The summed E-state index contributed by atoms with van der Waals surface area (Å²) >= 11 is 1.27. The van der Waals surface area contributed by atoms with Crippen molar-refractivity contribution >= 4 is 23.4 Å². The summed E-state index contributed by atoms with van der Waals surface area (Å²) < 4.78 is 1.54. The van der Waals surface area contributed by atoms with Crippen LogP contribution in [0, 0.1) is 0 Å². The molecular weight excluding hydrogens is 350 g/mol. The molecule has 0 spiro atoms. The van der Waals surface area contributed by atoms with Gasteiger partial charge in [-0.25, -0.2) is 0 Å². The first kappa shape index (κ1) is 17.9. The molecule has 1 amide bonds. The van der Waals surface area contributed by atoms with E-state index >= 15 is 0 Å². The number of thioether (sulfide) groups is 1. The summed E-state index contributed by atoms with van der Waals surface area (Å²) in [6.45, 7) is 3.96. The number of aromatic hydroxyl groups is 1. The van der Waals surface area contributed by atoms with E-state index in [2.05, 4.69) is 15.5 Å². The number of aromatic nitrogens is 4. The zero-order valence-electron chi connectivity index (χ0n) is 14.5. The highest BCUT2D eigenvalue weighted by Gasteiger charge is 2.20. The number of anilines is 1. The fraction of sp³-hybridized carbons (Fsp3) is 0.222. The van der Waals surface area contributed by atoms with Gasteiger partial charge in [-0.2, -0.15) is 4.68 Å². The summed E-state index contributed by atoms with van der Waals surface area (Å²) in [4.78, 5) is 14.5. The van der Waals surface area contributed by atoms with Crippen molar-refractivity contribution in [2.24, 2.45) is 0 Å². The first-order valence-electron chi connectivity index (χ1n) is 8.14. The number of phenolic OH excluding ortho intramolecular Hbond substituents is 1. The monoisotopic (exact) mass is 369 g/mol. The predicted octanol–water partition coefficient (Wildman–Crippen LogP) is 2.90. The third-order valence-electron chi connectivity index (χ3n) is 3.68. The Kier molecular flexibility index (Phi) is 5.52. The molecule has 0 bridgehead atoms. The number of para-hydroxylation sites is 1. The third-order valence-corrected chi connectivity index (χ3v) is 4.58. The molecule has 26 heavy (non-hydrogen) atoms. The Morgan fingerprint density at radius 3 is 2.50 bits per heavy atom. The van der Waals surface area contributed by atoms with Gasteiger partial charge in [-0.05, 0) is 60.7 Å². The molecule has 1 N–H and O–H groups in total. The van der Waals surface area contributed by atoms with E-state index in [0.29, 0.717) is 10.8 Å². The molecule has 134 valence electrons.